The molecule has 0 radical (unpaired) electrons. The molecule has 2 aliphatic rings. The maximum atomic E-state index is 11.7. The first-order chi connectivity index (χ1) is 39.7. The lowest BCUT2D eigenvalue weighted by molar-refractivity contribution is 0.0696. The fraction of sp³-hybridized carbons (Fsp3) is 0.174. The molecule has 11 aromatic rings. The number of nitrogens with zero attached hydrogens (tertiary/aromatic N) is 6. The quantitative estimate of drug-likeness (QED) is 0.125. The average Bonchev–Trinajstić information content (AvgIpc) is 4.29. The van der Waals surface area contributed by atoms with Gasteiger partial charge in [-0.2, -0.15) is 0 Å². The molecule has 0 spiro atoms. The van der Waals surface area contributed by atoms with E-state index in [2.05, 4.69) is 109 Å². The Hall–Kier alpha value is -10.2. The average molecular weight is 1100 g/mol. The minimum Gasteiger partial charge on any atom is -0.478 e. The number of carbonyl (C=O) groups is 1. The highest BCUT2D eigenvalue weighted by Crippen LogP contribution is 2.42. The summed E-state index contributed by atoms with van der Waals surface area (Å²) in [5, 5.41) is 12.5. The Morgan fingerprint density at radius 1 is 0.325 bits per heavy atom. The van der Waals surface area contributed by atoms with Crippen LogP contribution >= 0.6 is 0 Å². The Kier molecular flexibility index (Phi) is 12.4. The topological polar surface area (TPSA) is 183 Å². The molecule has 13 rings (SSSR count). The number of hydrogen-bond acceptors (Lipinski definition) is 11. The van der Waals surface area contributed by atoms with Crippen molar-refractivity contribution in [2.45, 2.75) is 78.6 Å². The van der Waals surface area contributed by atoms with Crippen LogP contribution in [-0.2, 0) is 16.2 Å². The SMILES string of the molecule is CC(C)(C)c1ccc(Oc2ccc3c(c2)-c2nc-3nc3[nH]c(nc4nc(nc5[nH]c(n2)c2ccc(Oc6ccc(C(=O)O)cc6)cc52)-c2ccc(Oc5ccc(C(C)(C)C)cc5)cc2-4)c2ccc(Oc4ccc(C(C)(C)C)cc4)cc32)cc1. The number of ether oxygens (including phenoxy) is 4. The van der Waals surface area contributed by atoms with Gasteiger partial charge in [-0.15, -0.1) is 0 Å². The number of carboxylic acid groups (broad SMARTS) is 1. The number of H-pyrrole nitrogens is 2. The first-order valence-electron chi connectivity index (χ1n) is 27.5. The van der Waals surface area contributed by atoms with E-state index < -0.39 is 5.97 Å². The normalized spacial score (nSPS) is 12.3. The van der Waals surface area contributed by atoms with E-state index in [1.165, 1.54) is 28.8 Å². The van der Waals surface area contributed by atoms with Crippen molar-refractivity contribution >= 4 is 50.1 Å². The molecule has 0 saturated heterocycles. The highest BCUT2D eigenvalue weighted by molar-refractivity contribution is 6.07. The van der Waals surface area contributed by atoms with Crippen molar-refractivity contribution in [3.63, 3.8) is 0 Å². The van der Waals surface area contributed by atoms with Crippen molar-refractivity contribution in [3.8, 4) is 91.5 Å². The second kappa shape index (κ2) is 19.8. The van der Waals surface area contributed by atoms with Gasteiger partial charge in [0.2, 0.25) is 0 Å². The molecule has 3 aromatic heterocycles. The number of nitrogens with one attached hydrogen (secondary N) is 2. The van der Waals surface area contributed by atoms with Gasteiger partial charge in [-0.1, -0.05) is 98.7 Å². The van der Waals surface area contributed by atoms with Crippen LogP contribution in [0.2, 0.25) is 0 Å². The number of carboxylic acids is 1. The van der Waals surface area contributed by atoms with Crippen LogP contribution < -0.4 is 18.9 Å². The first-order valence-corrected chi connectivity index (χ1v) is 27.5. The summed E-state index contributed by atoms with van der Waals surface area (Å²) in [6, 6.07) is 53.8. The zero-order chi connectivity index (χ0) is 57.5. The second-order valence-corrected chi connectivity index (χ2v) is 24.0. The first kappa shape index (κ1) is 52.2. The molecule has 0 fully saturated rings. The summed E-state index contributed by atoms with van der Waals surface area (Å²) in [5.74, 6) is 5.35. The molecule has 83 heavy (non-hydrogen) atoms. The molecule has 3 N–H and O–H groups in total. The molecule has 0 atom stereocenters. The van der Waals surface area contributed by atoms with Crippen LogP contribution in [0.25, 0.3) is 89.7 Å². The van der Waals surface area contributed by atoms with Crippen LogP contribution in [0.15, 0.2) is 170 Å². The molecule has 2 aliphatic heterocycles. The van der Waals surface area contributed by atoms with E-state index in [-0.39, 0.29) is 21.8 Å². The standard InChI is InChI=1S/C69H58N8O6/c1-67(2,3)39-12-20-43(21-13-39)81-47-27-31-51-55(35-47)64-73-59(51)71-62-54-34-46(80-42-18-10-38(11-19-42)66(78)79)26-30-50(54)58(70-62)72-63-56-36-48(82-44-22-14-40(15-23-44)68(4,5)6)28-32-52(56)60(74-63)76-65-57-37-49(29-33-53(57)61(75-64)77-65)83-45-24-16-41(17-25-45)69(7,8)9/h10-37H,1-9H3,(H,78,79)(H2,70,71,72,73,74,75,76,77). The maximum Gasteiger partial charge on any atom is 0.335 e. The summed E-state index contributed by atoms with van der Waals surface area (Å²) >= 11 is 0. The third-order valence-corrected chi connectivity index (χ3v) is 14.9. The van der Waals surface area contributed by atoms with Gasteiger partial charge in [-0.05, 0) is 166 Å². The summed E-state index contributed by atoms with van der Waals surface area (Å²) in [4.78, 5) is 50.4. The van der Waals surface area contributed by atoms with Gasteiger partial charge in [-0.3, -0.25) is 0 Å². The lowest BCUT2D eigenvalue weighted by Gasteiger charge is -2.19. The summed E-state index contributed by atoms with van der Waals surface area (Å²) < 4.78 is 25.9. The number of benzene rings is 8. The van der Waals surface area contributed by atoms with Gasteiger partial charge in [0.15, 0.2) is 23.3 Å². The third-order valence-electron chi connectivity index (χ3n) is 14.9. The van der Waals surface area contributed by atoms with Crippen LogP contribution in [0, 0.1) is 0 Å². The molecule has 14 heteroatoms. The summed E-state index contributed by atoms with van der Waals surface area (Å²) in [6.45, 7) is 19.7. The highest BCUT2D eigenvalue weighted by Gasteiger charge is 2.25. The lowest BCUT2D eigenvalue weighted by Crippen LogP contribution is -2.10. The van der Waals surface area contributed by atoms with Crippen molar-refractivity contribution in [1.29, 1.82) is 0 Å². The molecular weight excluding hydrogens is 1040 g/mol. The van der Waals surface area contributed by atoms with Crippen LogP contribution in [-0.4, -0.2) is 50.9 Å². The van der Waals surface area contributed by atoms with E-state index in [1.54, 1.807) is 12.1 Å². The van der Waals surface area contributed by atoms with Crippen molar-refractivity contribution in [3.05, 3.63) is 192 Å². The predicted octanol–water partition coefficient (Wildman–Crippen LogP) is 17.6. The Bertz CT molecular complexity index is 4500. The molecule has 8 aromatic carbocycles. The Balaban J connectivity index is 1.02. The molecule has 8 bridgehead atoms. The zero-order valence-corrected chi connectivity index (χ0v) is 47.3. The highest BCUT2D eigenvalue weighted by atomic mass is 16.5. The van der Waals surface area contributed by atoms with E-state index in [4.69, 9.17) is 48.9 Å². The van der Waals surface area contributed by atoms with Gasteiger partial charge in [-0.25, -0.2) is 34.7 Å². The fourth-order valence-corrected chi connectivity index (χ4v) is 10.2. The lowest BCUT2D eigenvalue weighted by atomic mass is 9.87. The molecule has 5 heterocycles. The third kappa shape index (κ3) is 10.4. The molecule has 14 nitrogen and oxygen atoms in total. The van der Waals surface area contributed by atoms with Crippen LogP contribution in [0.4, 0.5) is 0 Å². The number of aromatic nitrogens is 8. The van der Waals surface area contributed by atoms with Gasteiger partial charge in [0.25, 0.3) is 0 Å². The number of fused-ring (bicyclic) bond motifs is 20. The second-order valence-electron chi connectivity index (χ2n) is 24.0. The maximum absolute atomic E-state index is 11.7. The van der Waals surface area contributed by atoms with E-state index in [0.717, 1.165) is 27.3 Å². The van der Waals surface area contributed by atoms with Crippen LogP contribution in [0.1, 0.15) is 89.4 Å². The Morgan fingerprint density at radius 2 is 0.602 bits per heavy atom. The Labute approximate surface area is 478 Å². The number of rotatable bonds is 9. The summed E-state index contributed by atoms with van der Waals surface area (Å²) in [5.41, 5.74) is 8.44. The fourth-order valence-electron chi connectivity index (χ4n) is 10.2. The van der Waals surface area contributed by atoms with E-state index in [9.17, 15) is 9.90 Å². The predicted molar refractivity (Wildman–Crippen MR) is 325 cm³/mol. The van der Waals surface area contributed by atoms with Gasteiger partial charge < -0.3 is 34.0 Å². The van der Waals surface area contributed by atoms with Gasteiger partial charge in [0, 0.05) is 43.8 Å². The monoisotopic (exact) mass is 1090 g/mol. The molecule has 0 unspecified atom stereocenters. The molecule has 410 valence electrons. The van der Waals surface area contributed by atoms with Gasteiger partial charge >= 0.3 is 5.97 Å². The van der Waals surface area contributed by atoms with Crippen molar-refractivity contribution in [2.75, 3.05) is 0 Å². The smallest absolute Gasteiger partial charge is 0.335 e. The molecule has 0 aliphatic carbocycles. The number of aromatic carboxylic acids is 1. The largest absolute Gasteiger partial charge is 0.478 e. The Morgan fingerprint density at radius 3 is 0.928 bits per heavy atom. The van der Waals surface area contributed by atoms with Crippen LogP contribution in [0.5, 0.6) is 46.0 Å². The zero-order valence-electron chi connectivity index (χ0n) is 47.3. The van der Waals surface area contributed by atoms with E-state index >= 15 is 0 Å². The van der Waals surface area contributed by atoms with Crippen molar-refractivity contribution in [2.24, 2.45) is 0 Å². The molecular formula is C69H58N8O6. The molecule has 0 amide bonds. The van der Waals surface area contributed by atoms with Gasteiger partial charge in [0.1, 0.15) is 68.6 Å². The van der Waals surface area contributed by atoms with E-state index in [1.807, 2.05) is 109 Å². The minimum atomic E-state index is -1.03. The van der Waals surface area contributed by atoms with Crippen LogP contribution in [0.3, 0.4) is 0 Å². The van der Waals surface area contributed by atoms with Gasteiger partial charge in [0.05, 0.1) is 5.56 Å². The minimum absolute atomic E-state index is 0.0148. The van der Waals surface area contributed by atoms with Crippen molar-refractivity contribution < 1.29 is 28.8 Å². The van der Waals surface area contributed by atoms with Crippen molar-refractivity contribution in [1.82, 2.24) is 39.9 Å². The van der Waals surface area contributed by atoms with E-state index in [0.29, 0.717) is 108 Å². The number of aromatic amines is 2. The number of hydrogen-bond donors (Lipinski definition) is 3. The molecule has 0 saturated carbocycles. The summed E-state index contributed by atoms with van der Waals surface area (Å²) in [7, 11) is 0. The summed E-state index contributed by atoms with van der Waals surface area (Å²) in [6.07, 6.45) is 0.